The molecule has 12 heavy (non-hydrogen) atoms. The molecule has 1 aliphatic heterocycles. The van der Waals surface area contributed by atoms with Gasteiger partial charge in [0.2, 0.25) is 0 Å². The van der Waals surface area contributed by atoms with Gasteiger partial charge in [0.25, 0.3) is 5.91 Å². The first-order chi connectivity index (χ1) is 5.66. The van der Waals surface area contributed by atoms with Gasteiger partial charge in [0.1, 0.15) is 0 Å². The van der Waals surface area contributed by atoms with Gasteiger partial charge in [-0.2, -0.15) is 0 Å². The summed E-state index contributed by atoms with van der Waals surface area (Å²) in [5.41, 5.74) is 0. The molecule has 0 fully saturated rings. The van der Waals surface area contributed by atoms with Crippen molar-refractivity contribution in [1.82, 2.24) is 0 Å². The molecule has 0 saturated carbocycles. The zero-order valence-electron chi connectivity index (χ0n) is 5.84. The molecule has 1 heterocycles. The van der Waals surface area contributed by atoms with Crippen molar-refractivity contribution in [3.8, 4) is 0 Å². The summed E-state index contributed by atoms with van der Waals surface area (Å²) in [5, 5.41) is 2.14. The minimum Gasteiger partial charge on any atom is -0.267 e. The summed E-state index contributed by atoms with van der Waals surface area (Å²) in [5.74, 6) is -0.283. The summed E-state index contributed by atoms with van der Waals surface area (Å²) in [6.45, 7) is 0. The quantitative estimate of drug-likeness (QED) is 0.612. The Morgan fingerprint density at radius 2 is 2.00 bits per heavy atom. The normalized spacial score (nSPS) is 13.7. The average Bonchev–Trinajstić information content (AvgIpc) is 2.29. The number of nitrogens with zero attached hydrogens (tertiary/aromatic N) is 1. The number of amides is 1. The number of halogens is 2. The number of hydrogen-bond acceptors (Lipinski definition) is 1. The standard InChI is InChI=1S/C8H3Cl2NO/c9-5-1-4-2-7(12)11-8(4)6(10)3-5/h1-3H. The van der Waals surface area contributed by atoms with Crippen LogP contribution in [0.25, 0.3) is 6.08 Å². The van der Waals surface area contributed by atoms with Gasteiger partial charge in [-0.15, -0.1) is 0 Å². The summed E-state index contributed by atoms with van der Waals surface area (Å²) in [7, 11) is 0. The summed E-state index contributed by atoms with van der Waals surface area (Å²) >= 11 is 11.5. The first kappa shape index (κ1) is 7.77. The lowest BCUT2D eigenvalue weighted by molar-refractivity contribution is -0.112. The second kappa shape index (κ2) is 2.57. The molecular formula is C8H3Cl2NO. The lowest BCUT2D eigenvalue weighted by Gasteiger charge is -1.90. The molecule has 0 radical (unpaired) electrons. The smallest absolute Gasteiger partial charge is 0.267 e. The van der Waals surface area contributed by atoms with Gasteiger partial charge < -0.3 is 0 Å². The summed E-state index contributed by atoms with van der Waals surface area (Å²) in [4.78, 5) is 14.5. The van der Waals surface area contributed by atoms with Crippen LogP contribution in [0.5, 0.6) is 0 Å². The van der Waals surface area contributed by atoms with E-state index in [0.717, 1.165) is 0 Å². The van der Waals surface area contributed by atoms with E-state index in [-0.39, 0.29) is 5.91 Å². The molecule has 1 amide bonds. The van der Waals surface area contributed by atoms with Crippen LogP contribution in [0.2, 0.25) is 10.0 Å². The zero-order valence-corrected chi connectivity index (χ0v) is 7.36. The highest BCUT2D eigenvalue weighted by Gasteiger charge is 2.06. The highest BCUT2D eigenvalue weighted by molar-refractivity contribution is 6.34. The monoisotopic (exact) mass is 199 g/mol. The molecule has 60 valence electrons. The maximum atomic E-state index is 10.8. The van der Waals surface area contributed by atoms with Crippen LogP contribution in [0.4, 0.5) is 0 Å². The second-order valence-corrected chi connectivity index (χ2v) is 3.26. The molecule has 0 unspecified atom stereocenters. The predicted molar refractivity (Wildman–Crippen MR) is 46.7 cm³/mol. The lowest BCUT2D eigenvalue weighted by Crippen LogP contribution is -2.22. The fourth-order valence-electron chi connectivity index (χ4n) is 1.09. The van der Waals surface area contributed by atoms with Crippen LogP contribution in [-0.4, -0.2) is 5.91 Å². The van der Waals surface area contributed by atoms with Crippen LogP contribution in [0.1, 0.15) is 0 Å². The van der Waals surface area contributed by atoms with Crippen molar-refractivity contribution in [3.63, 3.8) is 0 Å². The number of benzene rings is 1. The van der Waals surface area contributed by atoms with E-state index < -0.39 is 0 Å². The van der Waals surface area contributed by atoms with Gasteiger partial charge in [-0.05, 0) is 12.1 Å². The summed E-state index contributed by atoms with van der Waals surface area (Å²) in [6, 6.07) is 3.23. The van der Waals surface area contributed by atoms with Crippen LogP contribution >= 0.6 is 23.2 Å². The zero-order chi connectivity index (χ0) is 8.72. The predicted octanol–water partition coefficient (Wildman–Crippen LogP) is 0.934. The maximum Gasteiger partial charge on any atom is 0.270 e. The minimum absolute atomic E-state index is 0.283. The van der Waals surface area contributed by atoms with E-state index in [2.05, 4.69) is 4.99 Å². The molecule has 0 spiro atoms. The van der Waals surface area contributed by atoms with E-state index in [1.807, 2.05) is 0 Å². The minimum atomic E-state index is -0.283. The molecule has 0 atom stereocenters. The topological polar surface area (TPSA) is 29.4 Å². The molecule has 0 aromatic heterocycles. The highest BCUT2D eigenvalue weighted by atomic mass is 35.5. The molecular weight excluding hydrogens is 197 g/mol. The SMILES string of the molecule is O=C1C=c2cc(Cl)cc(Cl)c2=N1. The first-order valence-corrected chi connectivity index (χ1v) is 4.02. The number of hydrogen-bond donors (Lipinski definition) is 0. The molecule has 0 aliphatic carbocycles. The third-order valence-electron chi connectivity index (χ3n) is 1.56. The van der Waals surface area contributed by atoms with Crippen molar-refractivity contribution in [2.24, 2.45) is 4.99 Å². The van der Waals surface area contributed by atoms with Crippen molar-refractivity contribution in [2.45, 2.75) is 0 Å². The van der Waals surface area contributed by atoms with Crippen molar-refractivity contribution in [1.29, 1.82) is 0 Å². The molecule has 0 N–H and O–H groups in total. The third-order valence-corrected chi connectivity index (χ3v) is 2.06. The summed E-state index contributed by atoms with van der Waals surface area (Å²) < 4.78 is 0. The molecule has 1 aliphatic rings. The number of carbonyl (C=O) groups is 1. The average molecular weight is 200 g/mol. The Kier molecular flexibility index (Phi) is 1.67. The van der Waals surface area contributed by atoms with Crippen LogP contribution < -0.4 is 10.6 Å². The van der Waals surface area contributed by atoms with Gasteiger partial charge in [0.05, 0.1) is 10.4 Å². The largest absolute Gasteiger partial charge is 0.270 e. The Morgan fingerprint density at radius 3 is 2.75 bits per heavy atom. The third kappa shape index (κ3) is 1.13. The Hall–Kier alpha value is -0.860. The number of fused-ring (bicyclic) bond motifs is 1. The van der Waals surface area contributed by atoms with Crippen LogP contribution in [0, 0.1) is 0 Å². The van der Waals surface area contributed by atoms with E-state index in [1.54, 1.807) is 12.1 Å². The van der Waals surface area contributed by atoms with Crippen LogP contribution in [0.3, 0.4) is 0 Å². The molecule has 0 bridgehead atoms. The fourth-order valence-corrected chi connectivity index (χ4v) is 1.64. The van der Waals surface area contributed by atoms with E-state index in [9.17, 15) is 4.79 Å². The molecule has 1 aromatic rings. The Morgan fingerprint density at radius 1 is 1.25 bits per heavy atom. The maximum absolute atomic E-state index is 10.8. The van der Waals surface area contributed by atoms with E-state index in [4.69, 9.17) is 23.2 Å². The first-order valence-electron chi connectivity index (χ1n) is 3.26. The van der Waals surface area contributed by atoms with Gasteiger partial charge in [-0.1, -0.05) is 23.2 Å². The number of carbonyl (C=O) groups excluding carboxylic acids is 1. The van der Waals surface area contributed by atoms with Crippen molar-refractivity contribution >= 4 is 35.2 Å². The van der Waals surface area contributed by atoms with Crippen molar-refractivity contribution < 1.29 is 4.79 Å². The fraction of sp³-hybridized carbons (Fsp3) is 0. The van der Waals surface area contributed by atoms with E-state index in [0.29, 0.717) is 20.6 Å². The van der Waals surface area contributed by atoms with Crippen LogP contribution in [0.15, 0.2) is 17.1 Å². The summed E-state index contributed by atoms with van der Waals surface area (Å²) in [6.07, 6.45) is 1.41. The molecule has 2 rings (SSSR count). The van der Waals surface area contributed by atoms with Gasteiger partial charge in [-0.3, -0.25) is 4.79 Å². The van der Waals surface area contributed by atoms with E-state index >= 15 is 0 Å². The Labute approximate surface area is 78.1 Å². The van der Waals surface area contributed by atoms with Crippen molar-refractivity contribution in [3.05, 3.63) is 32.8 Å². The molecule has 4 heteroatoms. The highest BCUT2D eigenvalue weighted by Crippen LogP contribution is 2.09. The number of rotatable bonds is 0. The van der Waals surface area contributed by atoms with Crippen LogP contribution in [-0.2, 0) is 4.79 Å². The van der Waals surface area contributed by atoms with Gasteiger partial charge in [0, 0.05) is 16.3 Å². The second-order valence-electron chi connectivity index (χ2n) is 2.42. The molecule has 0 saturated heterocycles. The Bertz CT molecular complexity index is 479. The molecule has 1 aromatic carbocycles. The van der Waals surface area contributed by atoms with Gasteiger partial charge >= 0.3 is 0 Å². The van der Waals surface area contributed by atoms with Gasteiger partial charge in [-0.25, -0.2) is 4.99 Å². The van der Waals surface area contributed by atoms with Gasteiger partial charge in [0.15, 0.2) is 0 Å². The lowest BCUT2D eigenvalue weighted by atomic mass is 10.3. The molecule has 2 nitrogen and oxygen atoms in total. The van der Waals surface area contributed by atoms with E-state index in [1.165, 1.54) is 6.08 Å². The Balaban J connectivity index is 2.95. The van der Waals surface area contributed by atoms with Crippen molar-refractivity contribution in [2.75, 3.05) is 0 Å².